The minimum atomic E-state index is -3.79. The van der Waals surface area contributed by atoms with Crippen molar-refractivity contribution in [2.24, 2.45) is 0 Å². The first-order valence-corrected chi connectivity index (χ1v) is 7.52. The minimum Gasteiger partial charge on any atom is -0.334 e. The summed E-state index contributed by atoms with van der Waals surface area (Å²) in [6.07, 6.45) is 1.48. The Morgan fingerprint density at radius 2 is 2.10 bits per heavy atom. The fourth-order valence-corrected chi connectivity index (χ4v) is 2.89. The highest BCUT2D eigenvalue weighted by Crippen LogP contribution is 2.19. The molecule has 0 atom stereocenters. The molecule has 2 aromatic rings. The van der Waals surface area contributed by atoms with Gasteiger partial charge in [0.15, 0.2) is 5.03 Å². The first kappa shape index (κ1) is 14.1. The van der Waals surface area contributed by atoms with E-state index >= 15 is 0 Å². The molecule has 0 radical (unpaired) electrons. The van der Waals surface area contributed by atoms with Gasteiger partial charge in [0.1, 0.15) is 11.9 Å². The Labute approximate surface area is 117 Å². The fourth-order valence-electron chi connectivity index (χ4n) is 1.80. The van der Waals surface area contributed by atoms with Gasteiger partial charge in [0.25, 0.3) is 10.0 Å². The van der Waals surface area contributed by atoms with Crippen LogP contribution < -0.4 is 4.72 Å². The number of aromatic nitrogens is 2. The van der Waals surface area contributed by atoms with Crippen LogP contribution >= 0.6 is 0 Å². The molecule has 0 aliphatic rings. The first-order chi connectivity index (χ1) is 9.47. The Balaban J connectivity index is 2.38. The molecule has 1 N–H and O–H groups in total. The van der Waals surface area contributed by atoms with Crippen LogP contribution in [0.4, 0.5) is 5.69 Å². The first-order valence-electron chi connectivity index (χ1n) is 6.03. The summed E-state index contributed by atoms with van der Waals surface area (Å²) < 4.78 is 28.6. The summed E-state index contributed by atoms with van der Waals surface area (Å²) in [5.74, 6) is 0.626. The zero-order chi connectivity index (χ0) is 14.8. The SMILES string of the molecule is CCn1cc(S(=O)(=O)Nc2ccccc2C#N)nc1C. The maximum absolute atomic E-state index is 12.3. The quantitative estimate of drug-likeness (QED) is 0.931. The van der Waals surface area contributed by atoms with Crippen LogP contribution in [0.1, 0.15) is 18.3 Å². The molecular weight excluding hydrogens is 276 g/mol. The Bertz CT molecular complexity index is 772. The number of hydrogen-bond acceptors (Lipinski definition) is 4. The van der Waals surface area contributed by atoms with Crippen LogP contribution in [0.5, 0.6) is 0 Å². The molecule has 0 fully saturated rings. The summed E-state index contributed by atoms with van der Waals surface area (Å²) in [4.78, 5) is 4.03. The van der Waals surface area contributed by atoms with E-state index < -0.39 is 10.0 Å². The van der Waals surface area contributed by atoms with E-state index in [9.17, 15) is 8.42 Å². The lowest BCUT2D eigenvalue weighted by atomic mass is 10.2. The zero-order valence-corrected chi connectivity index (χ0v) is 12.0. The molecule has 2 rings (SSSR count). The van der Waals surface area contributed by atoms with Crippen molar-refractivity contribution in [3.63, 3.8) is 0 Å². The second-order valence-corrected chi connectivity index (χ2v) is 5.80. The van der Waals surface area contributed by atoms with E-state index in [-0.39, 0.29) is 16.3 Å². The highest BCUT2D eigenvalue weighted by molar-refractivity contribution is 7.92. The van der Waals surface area contributed by atoms with E-state index in [0.29, 0.717) is 12.4 Å². The summed E-state index contributed by atoms with van der Waals surface area (Å²) in [5.41, 5.74) is 0.515. The number of aryl methyl sites for hydroxylation is 2. The van der Waals surface area contributed by atoms with E-state index in [1.54, 1.807) is 35.8 Å². The van der Waals surface area contributed by atoms with Gasteiger partial charge in [-0.1, -0.05) is 12.1 Å². The van der Waals surface area contributed by atoms with Crippen molar-refractivity contribution in [1.29, 1.82) is 5.26 Å². The lowest BCUT2D eigenvalue weighted by Crippen LogP contribution is -2.14. The molecule has 0 saturated carbocycles. The van der Waals surface area contributed by atoms with Gasteiger partial charge in [-0.05, 0) is 26.0 Å². The van der Waals surface area contributed by atoms with E-state index in [2.05, 4.69) is 9.71 Å². The van der Waals surface area contributed by atoms with Gasteiger partial charge in [0, 0.05) is 12.7 Å². The molecule has 6 nitrogen and oxygen atoms in total. The normalized spacial score (nSPS) is 11.1. The molecule has 0 saturated heterocycles. The standard InChI is InChI=1S/C13H14N4O2S/c1-3-17-9-13(15-10(17)2)20(18,19)16-12-7-5-4-6-11(12)8-14/h4-7,9,16H,3H2,1-2H3. The third kappa shape index (κ3) is 2.65. The van der Waals surface area contributed by atoms with Crippen LogP contribution in [0.3, 0.4) is 0 Å². The monoisotopic (exact) mass is 290 g/mol. The van der Waals surface area contributed by atoms with Crippen LogP contribution in [-0.4, -0.2) is 18.0 Å². The molecule has 0 bridgehead atoms. The highest BCUT2D eigenvalue weighted by Gasteiger charge is 2.20. The van der Waals surface area contributed by atoms with Gasteiger partial charge in [-0.3, -0.25) is 4.72 Å². The van der Waals surface area contributed by atoms with Gasteiger partial charge >= 0.3 is 0 Å². The molecule has 0 spiro atoms. The second kappa shape index (κ2) is 5.35. The number of nitrogens with one attached hydrogen (secondary N) is 1. The maximum Gasteiger partial charge on any atom is 0.280 e. The van der Waals surface area contributed by atoms with Gasteiger partial charge < -0.3 is 4.57 Å². The Morgan fingerprint density at radius 3 is 2.70 bits per heavy atom. The number of rotatable bonds is 4. The molecule has 7 heteroatoms. The maximum atomic E-state index is 12.3. The van der Waals surface area contributed by atoms with E-state index in [1.165, 1.54) is 6.20 Å². The summed E-state index contributed by atoms with van der Waals surface area (Å²) in [6.45, 7) is 4.29. The summed E-state index contributed by atoms with van der Waals surface area (Å²) in [7, 11) is -3.79. The molecule has 0 aliphatic heterocycles. The van der Waals surface area contributed by atoms with Gasteiger partial charge in [0.2, 0.25) is 0 Å². The van der Waals surface area contributed by atoms with Gasteiger partial charge in [-0.2, -0.15) is 13.7 Å². The predicted molar refractivity (Wildman–Crippen MR) is 74.6 cm³/mol. The number of para-hydroxylation sites is 1. The van der Waals surface area contributed by atoms with Crippen molar-refractivity contribution in [3.05, 3.63) is 41.9 Å². The van der Waals surface area contributed by atoms with Crippen LogP contribution in [0.15, 0.2) is 35.5 Å². The van der Waals surface area contributed by atoms with Crippen molar-refractivity contribution in [1.82, 2.24) is 9.55 Å². The van der Waals surface area contributed by atoms with Gasteiger partial charge in [-0.25, -0.2) is 4.98 Å². The Kier molecular flexibility index (Phi) is 3.77. The smallest absolute Gasteiger partial charge is 0.280 e. The van der Waals surface area contributed by atoms with Crippen molar-refractivity contribution in [2.75, 3.05) is 4.72 Å². The third-order valence-corrected chi connectivity index (χ3v) is 4.10. The molecule has 20 heavy (non-hydrogen) atoms. The number of sulfonamides is 1. The second-order valence-electron chi connectivity index (χ2n) is 4.18. The van der Waals surface area contributed by atoms with E-state index in [1.807, 2.05) is 13.0 Å². The highest BCUT2D eigenvalue weighted by atomic mass is 32.2. The Hall–Kier alpha value is -2.33. The predicted octanol–water partition coefficient (Wildman–Crippen LogP) is 1.88. The average Bonchev–Trinajstić information content (AvgIpc) is 2.81. The topological polar surface area (TPSA) is 87.8 Å². The van der Waals surface area contributed by atoms with E-state index in [0.717, 1.165) is 0 Å². The van der Waals surface area contributed by atoms with Crippen molar-refractivity contribution in [2.45, 2.75) is 25.4 Å². The van der Waals surface area contributed by atoms with E-state index in [4.69, 9.17) is 5.26 Å². The third-order valence-electron chi connectivity index (χ3n) is 2.86. The summed E-state index contributed by atoms with van der Waals surface area (Å²) in [5, 5.41) is 8.92. The number of nitrogens with zero attached hydrogens (tertiary/aromatic N) is 3. The van der Waals surface area contributed by atoms with Crippen LogP contribution in [0, 0.1) is 18.3 Å². The van der Waals surface area contributed by atoms with Gasteiger partial charge in [0.05, 0.1) is 11.3 Å². The largest absolute Gasteiger partial charge is 0.334 e. The van der Waals surface area contributed by atoms with Crippen molar-refractivity contribution in [3.8, 4) is 6.07 Å². The number of nitriles is 1. The number of benzene rings is 1. The molecule has 0 unspecified atom stereocenters. The zero-order valence-electron chi connectivity index (χ0n) is 11.2. The minimum absolute atomic E-state index is 0.0513. The van der Waals surface area contributed by atoms with Crippen LogP contribution in [0.2, 0.25) is 0 Å². The average molecular weight is 290 g/mol. The van der Waals surface area contributed by atoms with Gasteiger partial charge in [-0.15, -0.1) is 0 Å². The molecular formula is C13H14N4O2S. The van der Waals surface area contributed by atoms with Crippen LogP contribution in [0.25, 0.3) is 0 Å². The molecule has 0 aliphatic carbocycles. The lowest BCUT2D eigenvalue weighted by molar-refractivity contribution is 0.598. The van der Waals surface area contributed by atoms with Crippen molar-refractivity contribution < 1.29 is 8.42 Å². The number of hydrogen-bond donors (Lipinski definition) is 1. The van der Waals surface area contributed by atoms with Crippen molar-refractivity contribution >= 4 is 15.7 Å². The fraction of sp³-hybridized carbons (Fsp3) is 0.231. The lowest BCUT2D eigenvalue weighted by Gasteiger charge is -2.06. The molecule has 0 amide bonds. The molecule has 104 valence electrons. The summed E-state index contributed by atoms with van der Waals surface area (Å²) >= 11 is 0. The number of imidazole rings is 1. The van der Waals surface area contributed by atoms with Crippen LogP contribution in [-0.2, 0) is 16.6 Å². The number of anilines is 1. The summed E-state index contributed by atoms with van der Waals surface area (Å²) in [6, 6.07) is 8.37. The molecule has 1 heterocycles. The molecule has 1 aromatic carbocycles. The Morgan fingerprint density at radius 1 is 1.40 bits per heavy atom. The molecule has 1 aromatic heterocycles.